The van der Waals surface area contributed by atoms with Gasteiger partial charge in [-0.15, -0.1) is 0 Å². The fourth-order valence-corrected chi connectivity index (χ4v) is 2.43. The number of carbonyl (C=O) groups is 1. The topological polar surface area (TPSA) is 78.0 Å². The highest BCUT2D eigenvalue weighted by molar-refractivity contribution is 5.97. The molecule has 3 N–H and O–H groups in total. The molecule has 0 atom stereocenters. The zero-order chi connectivity index (χ0) is 15.8. The number of nitrogens with zero attached hydrogens (tertiary/aromatic N) is 1. The van der Waals surface area contributed by atoms with Crippen LogP contribution in [0.2, 0.25) is 0 Å². The molecule has 7 heteroatoms. The molecular weight excluding hydrogens is 292 g/mol. The van der Waals surface area contributed by atoms with E-state index < -0.39 is 17.4 Å². The van der Waals surface area contributed by atoms with Crippen LogP contribution in [0.3, 0.4) is 0 Å². The highest BCUT2D eigenvalue weighted by Gasteiger charge is 2.61. The van der Waals surface area contributed by atoms with Gasteiger partial charge in [0.15, 0.2) is 0 Å². The van der Waals surface area contributed by atoms with E-state index in [0.29, 0.717) is 6.42 Å². The van der Waals surface area contributed by atoms with Crippen LogP contribution in [0.25, 0.3) is 11.1 Å². The van der Waals surface area contributed by atoms with E-state index in [-0.39, 0.29) is 18.5 Å². The normalized spacial score (nSPS) is 16.9. The first-order valence-corrected chi connectivity index (χ1v) is 6.93. The van der Waals surface area contributed by atoms with Crippen molar-refractivity contribution in [2.24, 2.45) is 0 Å². The number of nitrogens with one attached hydrogen (secondary N) is 2. The molecule has 1 fully saturated rings. The number of anilines is 1. The Morgan fingerprint density at radius 1 is 1.36 bits per heavy atom. The lowest BCUT2D eigenvalue weighted by atomic mass is 9.75. The molecule has 0 unspecified atom stereocenters. The van der Waals surface area contributed by atoms with Crippen LogP contribution in [0.5, 0.6) is 0 Å². The number of hydrogen-bond acceptors (Lipinski definition) is 3. The van der Waals surface area contributed by atoms with Gasteiger partial charge in [-0.05, 0) is 37.0 Å². The maximum absolute atomic E-state index is 14.0. The van der Waals surface area contributed by atoms with Crippen LogP contribution in [-0.2, 0) is 4.79 Å². The van der Waals surface area contributed by atoms with Crippen molar-refractivity contribution in [1.82, 2.24) is 10.2 Å². The molecule has 1 aliphatic carbocycles. The van der Waals surface area contributed by atoms with Gasteiger partial charge in [-0.2, -0.15) is 13.9 Å². The van der Waals surface area contributed by atoms with Crippen molar-refractivity contribution in [2.75, 3.05) is 5.32 Å². The van der Waals surface area contributed by atoms with E-state index in [4.69, 9.17) is 0 Å². The Labute approximate surface area is 125 Å². The van der Waals surface area contributed by atoms with E-state index in [0.717, 1.165) is 11.1 Å². The Hall–Kier alpha value is -2.28. The van der Waals surface area contributed by atoms with Gasteiger partial charge < -0.3 is 10.4 Å². The van der Waals surface area contributed by atoms with Gasteiger partial charge >= 0.3 is 5.92 Å². The number of carbonyl (C=O) groups excluding carboxylic acids is 1. The van der Waals surface area contributed by atoms with Crippen LogP contribution in [0.4, 0.5) is 14.5 Å². The zero-order valence-electron chi connectivity index (χ0n) is 11.6. The fourth-order valence-electron chi connectivity index (χ4n) is 2.43. The molecule has 3 rings (SSSR count). The van der Waals surface area contributed by atoms with Gasteiger partial charge in [-0.1, -0.05) is 12.1 Å². The molecule has 1 aromatic carbocycles. The Bertz CT molecular complexity index is 682. The van der Waals surface area contributed by atoms with Crippen molar-refractivity contribution in [3.05, 3.63) is 36.7 Å². The summed E-state index contributed by atoms with van der Waals surface area (Å²) >= 11 is 0. The molecule has 2 aromatic rings. The van der Waals surface area contributed by atoms with E-state index in [1.54, 1.807) is 30.6 Å². The van der Waals surface area contributed by atoms with Crippen LogP contribution in [0.15, 0.2) is 36.7 Å². The van der Waals surface area contributed by atoms with Crippen molar-refractivity contribution in [3.8, 4) is 11.1 Å². The van der Waals surface area contributed by atoms with Crippen LogP contribution in [0.1, 0.15) is 19.3 Å². The van der Waals surface area contributed by atoms with Gasteiger partial charge in [-0.3, -0.25) is 9.89 Å². The van der Waals surface area contributed by atoms with Crippen LogP contribution in [-0.4, -0.2) is 32.7 Å². The molecule has 0 aliphatic heterocycles. The number of aromatic nitrogens is 2. The first-order valence-electron chi connectivity index (χ1n) is 6.93. The van der Waals surface area contributed by atoms with Gasteiger partial charge in [0.05, 0.1) is 6.20 Å². The van der Waals surface area contributed by atoms with Crippen LogP contribution < -0.4 is 5.32 Å². The zero-order valence-corrected chi connectivity index (χ0v) is 11.6. The number of amides is 1. The standard InChI is InChI=1S/C15H15F2N3O2/c16-15(17,14(22)5-2-6-14)13(21)20-12-4-1-3-10(7-12)11-8-18-19-9-11/h1,3-4,7-9,22H,2,5-6H2,(H,18,19)(H,20,21). The summed E-state index contributed by atoms with van der Waals surface area (Å²) < 4.78 is 28.1. The van der Waals surface area contributed by atoms with Gasteiger partial charge in [0, 0.05) is 17.4 Å². The van der Waals surface area contributed by atoms with Crippen molar-refractivity contribution < 1.29 is 18.7 Å². The fraction of sp³-hybridized carbons (Fsp3) is 0.333. The van der Waals surface area contributed by atoms with E-state index in [2.05, 4.69) is 15.5 Å². The summed E-state index contributed by atoms with van der Waals surface area (Å²) in [4.78, 5) is 11.8. The molecule has 116 valence electrons. The summed E-state index contributed by atoms with van der Waals surface area (Å²) in [5.74, 6) is -5.30. The molecule has 1 saturated carbocycles. The quantitative estimate of drug-likeness (QED) is 0.812. The van der Waals surface area contributed by atoms with Gasteiger partial charge in [-0.25, -0.2) is 0 Å². The monoisotopic (exact) mass is 307 g/mol. The smallest absolute Gasteiger partial charge is 0.352 e. The predicted molar refractivity (Wildman–Crippen MR) is 76.4 cm³/mol. The van der Waals surface area contributed by atoms with Crippen LogP contribution >= 0.6 is 0 Å². The molecule has 1 amide bonds. The van der Waals surface area contributed by atoms with E-state index >= 15 is 0 Å². The molecular formula is C15H15F2N3O2. The lowest BCUT2D eigenvalue weighted by Gasteiger charge is -2.41. The molecule has 1 heterocycles. The summed E-state index contributed by atoms with van der Waals surface area (Å²) in [6.45, 7) is 0. The van der Waals surface area contributed by atoms with Gasteiger partial charge in [0.1, 0.15) is 5.60 Å². The molecule has 0 spiro atoms. The molecule has 5 nitrogen and oxygen atoms in total. The predicted octanol–water partition coefficient (Wildman–Crippen LogP) is 2.57. The molecule has 22 heavy (non-hydrogen) atoms. The average molecular weight is 307 g/mol. The third-order valence-electron chi connectivity index (χ3n) is 4.00. The van der Waals surface area contributed by atoms with Crippen molar-refractivity contribution in [2.45, 2.75) is 30.8 Å². The Balaban J connectivity index is 1.78. The number of benzene rings is 1. The number of hydrogen-bond donors (Lipinski definition) is 3. The summed E-state index contributed by atoms with van der Waals surface area (Å²) in [6, 6.07) is 6.51. The number of aliphatic hydroxyl groups is 1. The minimum atomic E-state index is -3.81. The lowest BCUT2D eigenvalue weighted by molar-refractivity contribution is -0.212. The lowest BCUT2D eigenvalue weighted by Crippen LogP contribution is -2.59. The number of rotatable bonds is 4. The third kappa shape index (κ3) is 2.37. The maximum atomic E-state index is 14.0. The summed E-state index contributed by atoms with van der Waals surface area (Å²) in [5, 5.41) is 18.4. The minimum absolute atomic E-state index is 0.0670. The number of halogens is 2. The average Bonchev–Trinajstić information content (AvgIpc) is 2.99. The van der Waals surface area contributed by atoms with E-state index in [1.807, 2.05) is 0 Å². The number of alkyl halides is 2. The highest BCUT2D eigenvalue weighted by atomic mass is 19.3. The molecule has 0 saturated heterocycles. The van der Waals surface area contributed by atoms with E-state index in [9.17, 15) is 18.7 Å². The summed E-state index contributed by atoms with van der Waals surface area (Å²) in [6.07, 6.45) is 3.61. The molecule has 0 radical (unpaired) electrons. The summed E-state index contributed by atoms with van der Waals surface area (Å²) in [7, 11) is 0. The maximum Gasteiger partial charge on any atom is 0.352 e. The Kier molecular flexibility index (Phi) is 3.44. The minimum Gasteiger partial charge on any atom is -0.383 e. The molecule has 0 bridgehead atoms. The molecule has 1 aromatic heterocycles. The first-order chi connectivity index (χ1) is 10.4. The highest BCUT2D eigenvalue weighted by Crippen LogP contribution is 2.44. The van der Waals surface area contributed by atoms with Crippen molar-refractivity contribution in [1.29, 1.82) is 0 Å². The van der Waals surface area contributed by atoms with Gasteiger partial charge in [0.25, 0.3) is 5.91 Å². The van der Waals surface area contributed by atoms with Crippen molar-refractivity contribution >= 4 is 11.6 Å². The van der Waals surface area contributed by atoms with E-state index in [1.165, 1.54) is 6.07 Å². The SMILES string of the molecule is O=C(Nc1cccc(-c2cn[nH]c2)c1)C(F)(F)C1(O)CCC1. The Morgan fingerprint density at radius 3 is 2.73 bits per heavy atom. The second-order valence-electron chi connectivity index (χ2n) is 5.48. The van der Waals surface area contributed by atoms with Crippen molar-refractivity contribution in [3.63, 3.8) is 0 Å². The molecule has 1 aliphatic rings. The summed E-state index contributed by atoms with van der Waals surface area (Å²) in [5.41, 5.74) is -0.469. The Morgan fingerprint density at radius 2 is 2.14 bits per heavy atom. The first kappa shape index (κ1) is 14.6. The number of aromatic amines is 1. The second-order valence-corrected chi connectivity index (χ2v) is 5.48. The third-order valence-corrected chi connectivity index (χ3v) is 4.00. The second kappa shape index (κ2) is 5.17. The number of H-pyrrole nitrogens is 1. The largest absolute Gasteiger partial charge is 0.383 e. The van der Waals surface area contributed by atoms with Gasteiger partial charge in [0.2, 0.25) is 0 Å². The van der Waals surface area contributed by atoms with Crippen LogP contribution in [0, 0.1) is 0 Å².